The van der Waals surface area contributed by atoms with Crippen LogP contribution in [0.4, 0.5) is 0 Å². The average molecular weight is 184 g/mol. The van der Waals surface area contributed by atoms with E-state index in [4.69, 9.17) is 5.11 Å². The minimum atomic E-state index is 0.401. The summed E-state index contributed by atoms with van der Waals surface area (Å²) in [7, 11) is 2.19. The molecule has 3 heteroatoms. The van der Waals surface area contributed by atoms with Gasteiger partial charge in [-0.05, 0) is 25.3 Å². The van der Waals surface area contributed by atoms with Crippen LogP contribution in [-0.4, -0.2) is 61.3 Å². The predicted octanol–water partition coefficient (Wildman–Crippen LogP) is -0.138. The predicted molar refractivity (Wildman–Crippen MR) is 52.6 cm³/mol. The highest BCUT2D eigenvalue weighted by molar-refractivity contribution is 4.88. The van der Waals surface area contributed by atoms with Gasteiger partial charge in [0.2, 0.25) is 0 Å². The minimum Gasteiger partial charge on any atom is -0.396 e. The summed E-state index contributed by atoms with van der Waals surface area (Å²) < 4.78 is 0. The lowest BCUT2D eigenvalue weighted by Gasteiger charge is -2.32. The van der Waals surface area contributed by atoms with Crippen molar-refractivity contribution >= 4 is 0 Å². The number of nitrogens with zero attached hydrogens (tertiary/aromatic N) is 2. The second-order valence-electron chi connectivity index (χ2n) is 4.54. The fraction of sp³-hybridized carbons (Fsp3) is 1.00. The molecule has 0 radical (unpaired) electrons. The summed E-state index contributed by atoms with van der Waals surface area (Å²) in [4.78, 5) is 4.92. The molecule has 0 bridgehead atoms. The van der Waals surface area contributed by atoms with Crippen LogP contribution in [0.25, 0.3) is 0 Å². The first-order valence-electron chi connectivity index (χ1n) is 5.31. The zero-order chi connectivity index (χ0) is 9.26. The summed E-state index contributed by atoms with van der Waals surface area (Å²) in [6, 6.07) is 0. The highest BCUT2D eigenvalue weighted by Crippen LogP contribution is 2.38. The van der Waals surface area contributed by atoms with Crippen LogP contribution in [0.2, 0.25) is 0 Å². The van der Waals surface area contributed by atoms with Gasteiger partial charge in [0.05, 0.1) is 0 Å². The fourth-order valence-corrected chi connectivity index (χ4v) is 2.12. The maximum atomic E-state index is 8.92. The van der Waals surface area contributed by atoms with E-state index in [-0.39, 0.29) is 0 Å². The molecule has 1 aliphatic heterocycles. The number of piperazine rings is 1. The Morgan fingerprint density at radius 2 is 1.85 bits per heavy atom. The molecule has 3 nitrogen and oxygen atoms in total. The lowest BCUT2D eigenvalue weighted by Crippen LogP contribution is -2.45. The maximum Gasteiger partial charge on any atom is 0.0462 e. The molecule has 0 unspecified atom stereocenters. The standard InChI is InChI=1S/C10H20N2O/c1-11-2-4-12(5-3-11)7-9-6-10(9)8-13/h9-10,13H,2-8H2,1H3/t9-,10-/m0/s1. The highest BCUT2D eigenvalue weighted by atomic mass is 16.3. The van der Waals surface area contributed by atoms with E-state index in [0.717, 1.165) is 5.92 Å². The quantitative estimate of drug-likeness (QED) is 0.661. The SMILES string of the molecule is CN1CCN(C[C@@H]2C[C@H]2CO)CC1. The Bertz CT molecular complexity index is 166. The van der Waals surface area contributed by atoms with Gasteiger partial charge in [-0.1, -0.05) is 0 Å². The van der Waals surface area contributed by atoms with Gasteiger partial charge < -0.3 is 14.9 Å². The van der Waals surface area contributed by atoms with Crippen molar-refractivity contribution in [3.63, 3.8) is 0 Å². The van der Waals surface area contributed by atoms with Gasteiger partial charge in [-0.3, -0.25) is 0 Å². The molecule has 1 heterocycles. The molecule has 13 heavy (non-hydrogen) atoms. The van der Waals surface area contributed by atoms with Gasteiger partial charge >= 0.3 is 0 Å². The second-order valence-corrected chi connectivity index (χ2v) is 4.54. The Morgan fingerprint density at radius 3 is 2.38 bits per heavy atom. The molecule has 2 rings (SSSR count). The van der Waals surface area contributed by atoms with Crippen molar-refractivity contribution in [1.29, 1.82) is 0 Å². The van der Waals surface area contributed by atoms with Crippen molar-refractivity contribution in [1.82, 2.24) is 9.80 Å². The van der Waals surface area contributed by atoms with E-state index >= 15 is 0 Å². The van der Waals surface area contributed by atoms with E-state index in [1.807, 2.05) is 0 Å². The summed E-state index contributed by atoms with van der Waals surface area (Å²) in [6.07, 6.45) is 1.25. The number of likely N-dealkylation sites (N-methyl/N-ethyl adjacent to an activating group) is 1. The van der Waals surface area contributed by atoms with Gasteiger partial charge in [-0.25, -0.2) is 0 Å². The van der Waals surface area contributed by atoms with Crippen molar-refractivity contribution in [2.75, 3.05) is 46.4 Å². The summed E-state index contributed by atoms with van der Waals surface area (Å²) in [5, 5.41) is 8.92. The second kappa shape index (κ2) is 3.95. The van der Waals surface area contributed by atoms with E-state index in [9.17, 15) is 0 Å². The topological polar surface area (TPSA) is 26.7 Å². The average Bonchev–Trinajstić information content (AvgIpc) is 2.88. The van der Waals surface area contributed by atoms with Crippen molar-refractivity contribution in [2.45, 2.75) is 6.42 Å². The molecule has 1 N–H and O–H groups in total. The van der Waals surface area contributed by atoms with Gasteiger partial charge in [0.25, 0.3) is 0 Å². The summed E-state index contributed by atoms with van der Waals surface area (Å²) in [5.74, 6) is 1.42. The van der Waals surface area contributed by atoms with Gasteiger partial charge in [0.1, 0.15) is 0 Å². The smallest absolute Gasteiger partial charge is 0.0462 e. The molecule has 2 fully saturated rings. The Hall–Kier alpha value is -0.120. The van der Waals surface area contributed by atoms with Crippen LogP contribution in [-0.2, 0) is 0 Å². The number of hydrogen-bond acceptors (Lipinski definition) is 3. The molecule has 1 aliphatic carbocycles. The Kier molecular flexibility index (Phi) is 2.86. The van der Waals surface area contributed by atoms with Crippen LogP contribution < -0.4 is 0 Å². The van der Waals surface area contributed by atoms with E-state index in [1.54, 1.807) is 0 Å². The zero-order valence-electron chi connectivity index (χ0n) is 8.45. The van der Waals surface area contributed by atoms with Crippen molar-refractivity contribution < 1.29 is 5.11 Å². The van der Waals surface area contributed by atoms with Gasteiger partial charge in [0.15, 0.2) is 0 Å². The molecular formula is C10H20N2O. The molecule has 1 saturated carbocycles. The molecule has 2 aliphatic rings. The largest absolute Gasteiger partial charge is 0.396 e. The minimum absolute atomic E-state index is 0.401. The fourth-order valence-electron chi connectivity index (χ4n) is 2.12. The lowest BCUT2D eigenvalue weighted by molar-refractivity contribution is 0.145. The van der Waals surface area contributed by atoms with Crippen LogP contribution in [0, 0.1) is 11.8 Å². The maximum absolute atomic E-state index is 8.92. The van der Waals surface area contributed by atoms with E-state index < -0.39 is 0 Å². The Morgan fingerprint density at radius 1 is 1.15 bits per heavy atom. The third kappa shape index (κ3) is 2.42. The first-order valence-corrected chi connectivity index (χ1v) is 5.31. The molecule has 0 aromatic carbocycles. The first-order chi connectivity index (χ1) is 6.29. The van der Waals surface area contributed by atoms with Gasteiger partial charge in [-0.2, -0.15) is 0 Å². The summed E-state index contributed by atoms with van der Waals surface area (Å²) in [5.41, 5.74) is 0. The number of aliphatic hydroxyl groups excluding tert-OH is 1. The molecule has 0 aromatic rings. The van der Waals surface area contributed by atoms with Gasteiger partial charge in [-0.15, -0.1) is 0 Å². The van der Waals surface area contributed by atoms with Crippen molar-refractivity contribution in [2.24, 2.45) is 11.8 Å². The Labute approximate surface area is 80.3 Å². The molecule has 0 aromatic heterocycles. The van der Waals surface area contributed by atoms with Crippen LogP contribution >= 0.6 is 0 Å². The molecule has 0 spiro atoms. The van der Waals surface area contributed by atoms with E-state index in [1.165, 1.54) is 39.1 Å². The third-order valence-corrected chi connectivity index (χ3v) is 3.39. The number of rotatable bonds is 3. The van der Waals surface area contributed by atoms with Crippen molar-refractivity contribution in [3.05, 3.63) is 0 Å². The van der Waals surface area contributed by atoms with Crippen LogP contribution in [0.3, 0.4) is 0 Å². The van der Waals surface area contributed by atoms with Crippen LogP contribution in [0.5, 0.6) is 0 Å². The van der Waals surface area contributed by atoms with Crippen LogP contribution in [0.15, 0.2) is 0 Å². The third-order valence-electron chi connectivity index (χ3n) is 3.39. The Balaban J connectivity index is 1.66. The summed E-state index contributed by atoms with van der Waals surface area (Å²) >= 11 is 0. The molecule has 0 amide bonds. The van der Waals surface area contributed by atoms with Crippen LogP contribution in [0.1, 0.15) is 6.42 Å². The summed E-state index contributed by atoms with van der Waals surface area (Å²) in [6.45, 7) is 6.46. The lowest BCUT2D eigenvalue weighted by atomic mass is 10.2. The van der Waals surface area contributed by atoms with Gasteiger partial charge in [0, 0.05) is 39.3 Å². The molecule has 76 valence electrons. The normalized spacial score (nSPS) is 36.5. The molecular weight excluding hydrogens is 164 g/mol. The monoisotopic (exact) mass is 184 g/mol. The number of hydrogen-bond donors (Lipinski definition) is 1. The van der Waals surface area contributed by atoms with E-state index in [0.29, 0.717) is 12.5 Å². The molecule has 2 atom stereocenters. The van der Waals surface area contributed by atoms with Crippen molar-refractivity contribution in [3.8, 4) is 0 Å². The highest BCUT2D eigenvalue weighted by Gasteiger charge is 2.37. The first kappa shape index (κ1) is 9.44. The molecule has 1 saturated heterocycles. The number of aliphatic hydroxyl groups is 1. The van der Waals surface area contributed by atoms with E-state index in [2.05, 4.69) is 16.8 Å². The zero-order valence-corrected chi connectivity index (χ0v) is 8.45.